The number of guanidine groups is 1. The standard InChI is InChI=1S/C16H27N3O.HI/c1-3-5-10-18-16(17)19-13-14-8-7-9-15(12-14)20-11-6-4-2;/h7-9,12H,3-6,10-11,13H2,1-2H3,(H3,17,18,19);1H. The van der Waals surface area contributed by atoms with Crippen LogP contribution in [0, 0.1) is 0 Å². The zero-order chi connectivity index (χ0) is 14.6. The minimum absolute atomic E-state index is 0. The van der Waals surface area contributed by atoms with Crippen molar-refractivity contribution in [2.24, 2.45) is 10.7 Å². The maximum atomic E-state index is 5.81. The molecule has 1 aromatic rings. The first-order valence-electron chi connectivity index (χ1n) is 7.51. The monoisotopic (exact) mass is 405 g/mol. The van der Waals surface area contributed by atoms with Gasteiger partial charge in [-0.15, -0.1) is 24.0 Å². The number of ether oxygens (including phenoxy) is 1. The summed E-state index contributed by atoms with van der Waals surface area (Å²) in [7, 11) is 0. The molecule has 0 heterocycles. The zero-order valence-electron chi connectivity index (χ0n) is 13.1. The second-order valence-corrected chi connectivity index (χ2v) is 4.83. The fraction of sp³-hybridized carbons (Fsp3) is 0.562. The number of benzene rings is 1. The van der Waals surface area contributed by atoms with E-state index in [4.69, 9.17) is 10.5 Å². The SMILES string of the molecule is CCCCNC(N)=NCc1cccc(OCCCC)c1.I. The number of rotatable bonds is 9. The van der Waals surface area contributed by atoms with E-state index < -0.39 is 0 Å². The lowest BCUT2D eigenvalue weighted by atomic mass is 10.2. The van der Waals surface area contributed by atoms with Crippen LogP contribution in [0.1, 0.15) is 45.1 Å². The molecular formula is C16H28IN3O. The van der Waals surface area contributed by atoms with Crippen LogP contribution in [-0.4, -0.2) is 19.1 Å². The first kappa shape index (κ1) is 20.0. The summed E-state index contributed by atoms with van der Waals surface area (Å²) in [6.45, 7) is 6.54. The molecule has 4 nitrogen and oxygen atoms in total. The zero-order valence-corrected chi connectivity index (χ0v) is 15.4. The van der Waals surface area contributed by atoms with Crippen molar-refractivity contribution in [3.05, 3.63) is 29.8 Å². The summed E-state index contributed by atoms with van der Waals surface area (Å²) in [5.74, 6) is 1.42. The third-order valence-electron chi connectivity index (χ3n) is 2.93. The first-order chi connectivity index (χ1) is 9.76. The highest BCUT2D eigenvalue weighted by molar-refractivity contribution is 14.0. The molecule has 0 saturated heterocycles. The molecule has 1 rings (SSSR count). The molecule has 0 fully saturated rings. The Morgan fingerprint density at radius 3 is 2.71 bits per heavy atom. The number of nitrogens with one attached hydrogen (secondary N) is 1. The van der Waals surface area contributed by atoms with E-state index in [1.165, 1.54) is 0 Å². The van der Waals surface area contributed by atoms with Gasteiger partial charge >= 0.3 is 0 Å². The van der Waals surface area contributed by atoms with Crippen LogP contribution in [0.25, 0.3) is 0 Å². The van der Waals surface area contributed by atoms with Gasteiger partial charge in [-0.1, -0.05) is 38.8 Å². The lowest BCUT2D eigenvalue weighted by Crippen LogP contribution is -2.32. The lowest BCUT2D eigenvalue weighted by molar-refractivity contribution is 0.309. The van der Waals surface area contributed by atoms with Crippen molar-refractivity contribution in [1.29, 1.82) is 0 Å². The Hall–Kier alpha value is -0.980. The molecule has 0 aliphatic heterocycles. The molecule has 0 radical (unpaired) electrons. The van der Waals surface area contributed by atoms with Crippen LogP contribution in [0.15, 0.2) is 29.3 Å². The first-order valence-corrected chi connectivity index (χ1v) is 7.51. The van der Waals surface area contributed by atoms with Crippen LogP contribution in [0.2, 0.25) is 0 Å². The highest BCUT2D eigenvalue weighted by Crippen LogP contribution is 2.14. The van der Waals surface area contributed by atoms with Crippen molar-refractivity contribution in [3.8, 4) is 5.75 Å². The quantitative estimate of drug-likeness (QED) is 0.285. The second-order valence-electron chi connectivity index (χ2n) is 4.83. The number of hydrogen-bond acceptors (Lipinski definition) is 2. The summed E-state index contributed by atoms with van der Waals surface area (Å²) in [5, 5.41) is 3.11. The van der Waals surface area contributed by atoms with Crippen molar-refractivity contribution in [1.82, 2.24) is 5.32 Å². The fourth-order valence-electron chi connectivity index (χ4n) is 1.69. The van der Waals surface area contributed by atoms with Crippen LogP contribution in [0.3, 0.4) is 0 Å². The van der Waals surface area contributed by atoms with Crippen molar-refractivity contribution >= 4 is 29.9 Å². The van der Waals surface area contributed by atoms with Gasteiger partial charge < -0.3 is 15.8 Å². The van der Waals surface area contributed by atoms with Gasteiger partial charge in [0, 0.05) is 6.54 Å². The molecule has 0 aliphatic rings. The maximum Gasteiger partial charge on any atom is 0.188 e. The number of aliphatic imine (C=N–C) groups is 1. The van der Waals surface area contributed by atoms with E-state index in [1.54, 1.807) is 0 Å². The van der Waals surface area contributed by atoms with Crippen LogP contribution in [0.5, 0.6) is 5.75 Å². The molecule has 0 spiro atoms. The van der Waals surface area contributed by atoms with Crippen LogP contribution >= 0.6 is 24.0 Å². The molecule has 0 unspecified atom stereocenters. The van der Waals surface area contributed by atoms with Crippen molar-refractivity contribution in [2.45, 2.75) is 46.1 Å². The van der Waals surface area contributed by atoms with Gasteiger partial charge in [0.15, 0.2) is 5.96 Å². The Labute approximate surface area is 145 Å². The molecule has 120 valence electrons. The predicted octanol–water partition coefficient (Wildman–Crippen LogP) is 3.69. The van der Waals surface area contributed by atoms with Crippen molar-refractivity contribution in [2.75, 3.05) is 13.2 Å². The summed E-state index contributed by atoms with van der Waals surface area (Å²) in [4.78, 5) is 4.33. The summed E-state index contributed by atoms with van der Waals surface area (Å²) in [6.07, 6.45) is 4.48. The summed E-state index contributed by atoms with van der Waals surface area (Å²) in [5.41, 5.74) is 6.92. The van der Waals surface area contributed by atoms with E-state index in [9.17, 15) is 0 Å². The summed E-state index contributed by atoms with van der Waals surface area (Å²) in [6, 6.07) is 8.03. The summed E-state index contributed by atoms with van der Waals surface area (Å²) < 4.78 is 5.68. The Kier molecular flexibility index (Phi) is 12.1. The molecule has 5 heteroatoms. The highest BCUT2D eigenvalue weighted by Gasteiger charge is 1.97. The smallest absolute Gasteiger partial charge is 0.188 e. The Balaban J connectivity index is 0.00000400. The van der Waals surface area contributed by atoms with E-state index in [0.717, 1.165) is 50.1 Å². The molecule has 0 bridgehead atoms. The number of unbranched alkanes of at least 4 members (excludes halogenated alkanes) is 2. The fourth-order valence-corrected chi connectivity index (χ4v) is 1.69. The van der Waals surface area contributed by atoms with Crippen molar-refractivity contribution in [3.63, 3.8) is 0 Å². The molecule has 0 aromatic heterocycles. The third kappa shape index (κ3) is 9.55. The van der Waals surface area contributed by atoms with Crippen LogP contribution < -0.4 is 15.8 Å². The van der Waals surface area contributed by atoms with Gasteiger partial charge in [-0.2, -0.15) is 0 Å². The molecule has 0 atom stereocenters. The number of hydrogen-bond donors (Lipinski definition) is 2. The van der Waals surface area contributed by atoms with Crippen molar-refractivity contribution < 1.29 is 4.74 Å². The average Bonchev–Trinajstić information content (AvgIpc) is 2.46. The maximum absolute atomic E-state index is 5.81. The normalized spacial score (nSPS) is 10.9. The van der Waals surface area contributed by atoms with Gasteiger partial charge in [-0.05, 0) is 30.5 Å². The van der Waals surface area contributed by atoms with Gasteiger partial charge in [0.2, 0.25) is 0 Å². The Bertz CT molecular complexity index is 410. The molecule has 0 aliphatic carbocycles. The highest BCUT2D eigenvalue weighted by atomic mass is 127. The minimum atomic E-state index is 0. The predicted molar refractivity (Wildman–Crippen MR) is 100 cm³/mol. The third-order valence-corrected chi connectivity index (χ3v) is 2.93. The Morgan fingerprint density at radius 2 is 2.00 bits per heavy atom. The van der Waals surface area contributed by atoms with E-state index in [-0.39, 0.29) is 24.0 Å². The van der Waals surface area contributed by atoms with Gasteiger partial charge in [-0.25, -0.2) is 4.99 Å². The minimum Gasteiger partial charge on any atom is -0.494 e. The molecule has 3 N–H and O–H groups in total. The van der Waals surface area contributed by atoms with Gasteiger partial charge in [0.05, 0.1) is 13.2 Å². The van der Waals surface area contributed by atoms with E-state index in [1.807, 2.05) is 24.3 Å². The topological polar surface area (TPSA) is 59.6 Å². The number of nitrogens with zero attached hydrogens (tertiary/aromatic N) is 1. The van der Waals surface area contributed by atoms with Gasteiger partial charge in [0.25, 0.3) is 0 Å². The van der Waals surface area contributed by atoms with E-state index in [0.29, 0.717) is 12.5 Å². The van der Waals surface area contributed by atoms with Crippen LogP contribution in [-0.2, 0) is 6.54 Å². The van der Waals surface area contributed by atoms with E-state index in [2.05, 4.69) is 24.2 Å². The lowest BCUT2D eigenvalue weighted by Gasteiger charge is -2.07. The second kappa shape index (κ2) is 12.7. The molecular weight excluding hydrogens is 377 g/mol. The van der Waals surface area contributed by atoms with Crippen LogP contribution in [0.4, 0.5) is 0 Å². The molecule has 0 saturated carbocycles. The average molecular weight is 405 g/mol. The van der Waals surface area contributed by atoms with Gasteiger partial charge in [0.1, 0.15) is 5.75 Å². The van der Waals surface area contributed by atoms with E-state index >= 15 is 0 Å². The Morgan fingerprint density at radius 1 is 1.24 bits per heavy atom. The van der Waals surface area contributed by atoms with Gasteiger partial charge in [-0.3, -0.25) is 0 Å². The molecule has 1 aromatic carbocycles. The molecule has 21 heavy (non-hydrogen) atoms. The number of halogens is 1. The number of nitrogens with two attached hydrogens (primary N) is 1. The molecule has 0 amide bonds. The largest absolute Gasteiger partial charge is 0.494 e. The summed E-state index contributed by atoms with van der Waals surface area (Å²) >= 11 is 0.